The maximum Gasteiger partial charge on any atom is 0.169 e. The van der Waals surface area contributed by atoms with E-state index in [1.54, 1.807) is 11.3 Å². The maximum absolute atomic E-state index is 11.6. The lowest BCUT2D eigenvalue weighted by molar-refractivity contribution is 0.111. The minimum atomic E-state index is 0.259. The minimum Gasteiger partial charge on any atom is -0.320 e. The van der Waals surface area contributed by atoms with Crippen molar-refractivity contribution in [1.82, 2.24) is 9.55 Å². The Morgan fingerprint density at radius 1 is 1.26 bits per heavy atom. The van der Waals surface area contributed by atoms with Gasteiger partial charge in [-0.2, -0.15) is 5.26 Å². The summed E-state index contributed by atoms with van der Waals surface area (Å²) in [6, 6.07) is 16.2. The first-order valence-corrected chi connectivity index (χ1v) is 12.0. The molecule has 4 aromatic rings. The van der Waals surface area contributed by atoms with Crippen molar-refractivity contribution in [3.8, 4) is 16.5 Å². The Hall–Kier alpha value is -2.46. The first-order valence-electron chi connectivity index (χ1n) is 9.97. The zero-order chi connectivity index (χ0) is 22.0. The molecule has 0 aliphatic heterocycles. The van der Waals surface area contributed by atoms with E-state index in [1.807, 2.05) is 28.8 Å². The van der Waals surface area contributed by atoms with E-state index in [1.165, 1.54) is 0 Å². The number of rotatable bonds is 7. The van der Waals surface area contributed by atoms with Crippen molar-refractivity contribution in [2.75, 3.05) is 0 Å². The van der Waals surface area contributed by atoms with Crippen molar-refractivity contribution < 1.29 is 4.79 Å². The van der Waals surface area contributed by atoms with Gasteiger partial charge in [0.05, 0.1) is 15.4 Å². The zero-order valence-corrected chi connectivity index (χ0v) is 20.0. The van der Waals surface area contributed by atoms with Crippen LogP contribution < -0.4 is 0 Å². The van der Waals surface area contributed by atoms with Crippen LogP contribution in [0.25, 0.3) is 21.2 Å². The van der Waals surface area contributed by atoms with Gasteiger partial charge in [-0.3, -0.25) is 4.79 Å². The Balaban J connectivity index is 1.76. The number of nitrogens with zero attached hydrogens (tertiary/aromatic N) is 3. The molecule has 31 heavy (non-hydrogen) atoms. The number of nitriles is 1. The number of carbonyl (C=O) groups is 1. The fourth-order valence-electron chi connectivity index (χ4n) is 3.71. The molecule has 0 bridgehead atoms. The lowest BCUT2D eigenvalue weighted by Crippen LogP contribution is -2.08. The molecule has 0 fully saturated rings. The number of hydrogen-bond donors (Lipinski definition) is 0. The van der Waals surface area contributed by atoms with Crippen molar-refractivity contribution in [2.45, 2.75) is 32.7 Å². The van der Waals surface area contributed by atoms with Crippen molar-refractivity contribution in [1.29, 1.82) is 5.26 Å². The molecule has 2 heterocycles. The highest BCUT2D eigenvalue weighted by molar-refractivity contribution is 9.11. The summed E-state index contributed by atoms with van der Waals surface area (Å²) in [5.74, 6) is 0.835. The summed E-state index contributed by atoms with van der Waals surface area (Å²) in [6.45, 7) is 2.65. The van der Waals surface area contributed by atoms with Crippen LogP contribution in [0.2, 0.25) is 5.15 Å². The van der Waals surface area contributed by atoms with Gasteiger partial charge < -0.3 is 4.57 Å². The molecule has 0 saturated heterocycles. The SMILES string of the molecule is CCCCc1nc(Cl)c(C=O)n1Cc1ccc2c(-c3ccccc3C#N)sc(Br)c2c1. The van der Waals surface area contributed by atoms with E-state index in [4.69, 9.17) is 11.6 Å². The van der Waals surface area contributed by atoms with Gasteiger partial charge >= 0.3 is 0 Å². The summed E-state index contributed by atoms with van der Waals surface area (Å²) in [4.78, 5) is 17.1. The van der Waals surface area contributed by atoms with Crippen molar-refractivity contribution in [3.63, 3.8) is 0 Å². The number of aromatic nitrogens is 2. The third-order valence-corrected chi connectivity index (χ3v) is 7.51. The Kier molecular flexibility index (Phi) is 6.57. The van der Waals surface area contributed by atoms with Gasteiger partial charge in [-0.1, -0.05) is 55.3 Å². The molecule has 0 unspecified atom stereocenters. The van der Waals surface area contributed by atoms with Gasteiger partial charge in [0.25, 0.3) is 0 Å². The van der Waals surface area contributed by atoms with Crippen LogP contribution in [0.3, 0.4) is 0 Å². The Morgan fingerprint density at radius 3 is 2.81 bits per heavy atom. The van der Waals surface area contributed by atoms with Gasteiger partial charge in [-0.05, 0) is 40.0 Å². The molecule has 0 aliphatic carbocycles. The highest BCUT2D eigenvalue weighted by Crippen LogP contribution is 2.43. The number of aldehydes is 1. The summed E-state index contributed by atoms with van der Waals surface area (Å²) in [6.07, 6.45) is 3.59. The van der Waals surface area contributed by atoms with Crippen molar-refractivity contribution in [2.24, 2.45) is 0 Å². The van der Waals surface area contributed by atoms with Crippen LogP contribution in [0.1, 0.15) is 47.2 Å². The Labute approximate surface area is 198 Å². The molecule has 0 radical (unpaired) electrons. The van der Waals surface area contributed by atoms with E-state index >= 15 is 0 Å². The highest BCUT2D eigenvalue weighted by atomic mass is 79.9. The third kappa shape index (κ3) is 4.18. The number of carbonyl (C=O) groups excluding carboxylic acids is 1. The Morgan fingerprint density at radius 2 is 2.06 bits per heavy atom. The molecular weight excluding hydrogens is 494 g/mol. The van der Waals surface area contributed by atoms with Crippen LogP contribution in [0.5, 0.6) is 0 Å². The number of thiophene rings is 1. The fraction of sp³-hybridized carbons (Fsp3) is 0.208. The fourth-order valence-corrected chi connectivity index (χ4v) is 5.80. The normalized spacial score (nSPS) is 11.0. The van der Waals surface area contributed by atoms with E-state index < -0.39 is 0 Å². The lowest BCUT2D eigenvalue weighted by atomic mass is 10.0. The van der Waals surface area contributed by atoms with Crippen LogP contribution in [0.4, 0.5) is 0 Å². The molecule has 0 N–H and O–H groups in total. The van der Waals surface area contributed by atoms with Gasteiger partial charge in [0, 0.05) is 34.2 Å². The average molecular weight is 513 g/mol. The monoisotopic (exact) mass is 511 g/mol. The second-order valence-electron chi connectivity index (χ2n) is 7.25. The van der Waals surface area contributed by atoms with Gasteiger partial charge in [0.1, 0.15) is 11.5 Å². The van der Waals surface area contributed by atoms with Gasteiger partial charge in [0.2, 0.25) is 0 Å². The number of halogens is 2. The lowest BCUT2D eigenvalue weighted by Gasteiger charge is -2.10. The van der Waals surface area contributed by atoms with Crippen LogP contribution >= 0.6 is 38.9 Å². The number of benzene rings is 2. The minimum absolute atomic E-state index is 0.259. The summed E-state index contributed by atoms with van der Waals surface area (Å²) in [5, 5.41) is 11.9. The molecular formula is C24H19BrClN3OS. The number of hydrogen-bond acceptors (Lipinski definition) is 4. The second kappa shape index (κ2) is 9.35. The Bertz CT molecular complexity index is 1320. The smallest absolute Gasteiger partial charge is 0.169 e. The number of unbranched alkanes of at least 4 members (excludes halogenated alkanes) is 1. The summed E-state index contributed by atoms with van der Waals surface area (Å²) < 4.78 is 2.93. The summed E-state index contributed by atoms with van der Waals surface area (Å²) >= 11 is 11.5. The standard InChI is InChI=1S/C24H19BrClN3OS/c1-2-3-8-21-28-24(26)20(14-30)29(21)13-15-9-10-18-19(11-15)23(25)31-22(18)17-7-5-4-6-16(17)12-27/h4-7,9-11,14H,2-3,8,13H2,1H3. The van der Waals surface area contributed by atoms with Crippen molar-refractivity contribution >= 4 is 55.9 Å². The van der Waals surface area contributed by atoms with Crippen LogP contribution in [-0.4, -0.2) is 15.8 Å². The highest BCUT2D eigenvalue weighted by Gasteiger charge is 2.18. The quantitative estimate of drug-likeness (QED) is 0.245. The summed E-state index contributed by atoms with van der Waals surface area (Å²) in [5.41, 5.74) is 3.07. The van der Waals surface area contributed by atoms with Crippen LogP contribution in [0, 0.1) is 11.3 Å². The second-order valence-corrected chi connectivity index (χ2v) is 9.95. The molecule has 2 aromatic carbocycles. The predicted octanol–water partition coefficient (Wildman–Crippen LogP) is 7.26. The molecule has 4 rings (SSSR count). The largest absolute Gasteiger partial charge is 0.320 e. The third-order valence-electron chi connectivity index (χ3n) is 5.27. The van der Waals surface area contributed by atoms with E-state index in [-0.39, 0.29) is 5.15 Å². The van der Waals surface area contributed by atoms with E-state index in [2.05, 4.69) is 52.1 Å². The molecule has 4 nitrogen and oxygen atoms in total. The molecule has 0 amide bonds. The van der Waals surface area contributed by atoms with E-state index in [9.17, 15) is 10.1 Å². The molecule has 0 aliphatic rings. The van der Waals surface area contributed by atoms with E-state index in [0.29, 0.717) is 17.8 Å². The first-order chi connectivity index (χ1) is 15.1. The van der Waals surface area contributed by atoms with Gasteiger partial charge in [-0.15, -0.1) is 11.3 Å². The van der Waals surface area contributed by atoms with Crippen molar-refractivity contribution in [3.05, 3.63) is 74.0 Å². The molecule has 7 heteroatoms. The van der Waals surface area contributed by atoms with Crippen LogP contribution in [0.15, 0.2) is 46.3 Å². The topological polar surface area (TPSA) is 58.7 Å². The summed E-state index contributed by atoms with van der Waals surface area (Å²) in [7, 11) is 0. The molecule has 2 aromatic heterocycles. The predicted molar refractivity (Wildman–Crippen MR) is 130 cm³/mol. The van der Waals surface area contributed by atoms with E-state index in [0.717, 1.165) is 61.9 Å². The average Bonchev–Trinajstić information content (AvgIpc) is 3.27. The number of fused-ring (bicyclic) bond motifs is 1. The number of aryl methyl sites for hydroxylation is 1. The van der Waals surface area contributed by atoms with Crippen LogP contribution in [-0.2, 0) is 13.0 Å². The molecule has 0 spiro atoms. The molecule has 156 valence electrons. The molecule has 0 saturated carbocycles. The van der Waals surface area contributed by atoms with Gasteiger partial charge in [0.15, 0.2) is 11.4 Å². The maximum atomic E-state index is 11.6. The zero-order valence-electron chi connectivity index (χ0n) is 16.9. The van der Waals surface area contributed by atoms with Gasteiger partial charge in [-0.25, -0.2) is 4.98 Å². The molecule has 0 atom stereocenters. The number of imidazole rings is 1. The first kappa shape index (κ1) is 21.8.